The van der Waals surface area contributed by atoms with Gasteiger partial charge in [0.1, 0.15) is 0 Å². The average Bonchev–Trinajstić information content (AvgIpc) is 3.10. The Morgan fingerprint density at radius 2 is 1.77 bits per heavy atom. The first kappa shape index (κ1) is 18.5. The molecule has 0 radical (unpaired) electrons. The van der Waals surface area contributed by atoms with Gasteiger partial charge in [-0.15, -0.1) is 11.3 Å². The monoisotopic (exact) mass is 481 g/mol. The zero-order valence-corrected chi connectivity index (χ0v) is 17.1. The second kappa shape index (κ2) is 8.37. The van der Waals surface area contributed by atoms with E-state index in [9.17, 15) is 4.79 Å². The maximum absolute atomic E-state index is 12.2. The fourth-order valence-corrected chi connectivity index (χ4v) is 3.33. The van der Waals surface area contributed by atoms with Crippen molar-refractivity contribution in [2.45, 2.75) is 0 Å². The first-order valence-corrected chi connectivity index (χ1v) is 9.56. The summed E-state index contributed by atoms with van der Waals surface area (Å²) in [7, 11) is 3.11. The largest absolute Gasteiger partial charge is 0.493 e. The number of thiazole rings is 1. The lowest BCUT2D eigenvalue weighted by molar-refractivity contribution is 0.262. The highest BCUT2D eigenvalue weighted by Crippen LogP contribution is 2.30. The van der Waals surface area contributed by atoms with Crippen molar-refractivity contribution in [3.63, 3.8) is 0 Å². The smallest absolute Gasteiger partial charge is 0.325 e. The summed E-state index contributed by atoms with van der Waals surface area (Å²) in [6.45, 7) is 0. The molecule has 0 bridgehead atoms. The number of rotatable bonds is 5. The van der Waals surface area contributed by atoms with E-state index < -0.39 is 0 Å². The van der Waals surface area contributed by atoms with Crippen molar-refractivity contribution in [2.24, 2.45) is 0 Å². The molecule has 0 aliphatic rings. The van der Waals surface area contributed by atoms with Crippen LogP contribution in [0.2, 0.25) is 0 Å². The Bertz CT molecular complexity index is 912. The van der Waals surface area contributed by atoms with E-state index in [-0.39, 0.29) is 6.03 Å². The number of carbonyl (C=O) groups is 1. The Morgan fingerprint density at radius 3 is 2.46 bits per heavy atom. The normalized spacial score (nSPS) is 10.3. The lowest BCUT2D eigenvalue weighted by Gasteiger charge is -2.10. The second-order valence-corrected chi connectivity index (χ2v) is 7.30. The topological polar surface area (TPSA) is 72.5 Å². The van der Waals surface area contributed by atoms with Gasteiger partial charge in [0.15, 0.2) is 16.6 Å². The van der Waals surface area contributed by atoms with Crippen molar-refractivity contribution in [3.8, 4) is 22.8 Å². The third kappa shape index (κ3) is 4.44. The minimum Gasteiger partial charge on any atom is -0.493 e. The first-order chi connectivity index (χ1) is 12.6. The molecule has 1 aromatic heterocycles. The molecule has 2 aromatic carbocycles. The van der Waals surface area contributed by atoms with Crippen LogP contribution in [0.3, 0.4) is 0 Å². The number of hydrogen-bond acceptors (Lipinski definition) is 5. The number of ether oxygens (including phenoxy) is 2. The number of halogens is 1. The minimum atomic E-state index is -0.374. The Kier molecular flexibility index (Phi) is 5.94. The van der Waals surface area contributed by atoms with Crippen molar-refractivity contribution in [2.75, 3.05) is 24.9 Å². The van der Waals surface area contributed by atoms with Crippen LogP contribution in [-0.2, 0) is 0 Å². The van der Waals surface area contributed by atoms with Gasteiger partial charge in [0.05, 0.1) is 19.9 Å². The molecular weight excluding hydrogens is 465 g/mol. The van der Waals surface area contributed by atoms with E-state index in [1.54, 1.807) is 32.4 Å². The van der Waals surface area contributed by atoms with Crippen molar-refractivity contribution in [1.82, 2.24) is 4.98 Å². The predicted octanol–water partition coefficient (Wildman–Crippen LogP) is 5.08. The summed E-state index contributed by atoms with van der Waals surface area (Å²) in [4.78, 5) is 16.7. The maximum atomic E-state index is 12.2. The first-order valence-electron chi connectivity index (χ1n) is 7.60. The van der Waals surface area contributed by atoms with Crippen LogP contribution in [0.15, 0.2) is 47.8 Å². The summed E-state index contributed by atoms with van der Waals surface area (Å²) in [6, 6.07) is 12.8. The molecule has 0 aliphatic heterocycles. The summed E-state index contributed by atoms with van der Waals surface area (Å²) >= 11 is 3.63. The molecule has 1 heterocycles. The van der Waals surface area contributed by atoms with E-state index >= 15 is 0 Å². The SMILES string of the molecule is COc1ccc(NC(=O)Nc2nc(-c3ccc(I)cc3)cs2)cc1OC. The Morgan fingerprint density at radius 1 is 1.04 bits per heavy atom. The number of methoxy groups -OCH3 is 2. The predicted molar refractivity (Wildman–Crippen MR) is 112 cm³/mol. The van der Waals surface area contributed by atoms with E-state index in [1.165, 1.54) is 11.3 Å². The Hall–Kier alpha value is -2.33. The van der Waals surface area contributed by atoms with E-state index in [0.717, 1.165) is 14.8 Å². The van der Waals surface area contributed by atoms with Gasteiger partial charge in [-0.2, -0.15) is 0 Å². The average molecular weight is 481 g/mol. The minimum absolute atomic E-state index is 0.374. The van der Waals surface area contributed by atoms with Crippen LogP contribution in [0.4, 0.5) is 15.6 Å². The van der Waals surface area contributed by atoms with Gasteiger partial charge in [-0.05, 0) is 46.9 Å². The van der Waals surface area contributed by atoms with Crippen molar-refractivity contribution in [1.29, 1.82) is 0 Å². The highest BCUT2D eigenvalue weighted by molar-refractivity contribution is 14.1. The number of carbonyl (C=O) groups excluding carboxylic acids is 1. The molecule has 0 aliphatic carbocycles. The number of urea groups is 1. The summed E-state index contributed by atoms with van der Waals surface area (Å²) < 4.78 is 11.6. The summed E-state index contributed by atoms with van der Waals surface area (Å²) in [5.41, 5.74) is 2.43. The lowest BCUT2D eigenvalue weighted by atomic mass is 10.2. The van der Waals surface area contributed by atoms with Gasteiger partial charge in [0, 0.05) is 26.3 Å². The fraction of sp³-hybridized carbons (Fsp3) is 0.111. The van der Waals surface area contributed by atoms with E-state index in [2.05, 4.69) is 38.2 Å². The molecule has 0 atom stereocenters. The molecule has 2 amide bonds. The van der Waals surface area contributed by atoms with Gasteiger partial charge in [0.2, 0.25) is 0 Å². The van der Waals surface area contributed by atoms with Gasteiger partial charge in [-0.25, -0.2) is 9.78 Å². The number of aromatic nitrogens is 1. The molecule has 0 fully saturated rings. The molecule has 26 heavy (non-hydrogen) atoms. The van der Waals surface area contributed by atoms with Gasteiger partial charge in [0.25, 0.3) is 0 Å². The molecule has 0 saturated heterocycles. The maximum Gasteiger partial charge on any atom is 0.325 e. The molecule has 3 aromatic rings. The molecule has 2 N–H and O–H groups in total. The van der Waals surface area contributed by atoms with E-state index in [0.29, 0.717) is 22.3 Å². The molecular formula is C18H16IN3O3S. The molecule has 3 rings (SSSR count). The number of nitrogens with one attached hydrogen (secondary N) is 2. The van der Waals surface area contributed by atoms with Gasteiger partial charge in [-0.3, -0.25) is 5.32 Å². The molecule has 0 unspecified atom stereocenters. The lowest BCUT2D eigenvalue weighted by Crippen LogP contribution is -2.19. The molecule has 0 spiro atoms. The summed E-state index contributed by atoms with van der Waals surface area (Å²) in [5.74, 6) is 1.14. The van der Waals surface area contributed by atoms with Crippen LogP contribution in [0.1, 0.15) is 0 Å². The third-order valence-corrected chi connectivity index (χ3v) is 4.98. The van der Waals surface area contributed by atoms with Crippen LogP contribution in [0.25, 0.3) is 11.3 Å². The van der Waals surface area contributed by atoms with Crippen LogP contribution < -0.4 is 20.1 Å². The zero-order chi connectivity index (χ0) is 18.5. The number of hydrogen-bond donors (Lipinski definition) is 2. The van der Waals surface area contributed by atoms with Crippen molar-refractivity contribution >= 4 is 50.8 Å². The number of benzene rings is 2. The molecule has 8 heteroatoms. The molecule has 134 valence electrons. The van der Waals surface area contributed by atoms with Gasteiger partial charge < -0.3 is 14.8 Å². The van der Waals surface area contributed by atoms with Crippen LogP contribution >= 0.6 is 33.9 Å². The summed E-state index contributed by atoms with van der Waals surface area (Å²) in [5, 5.41) is 7.93. The number of nitrogens with zero attached hydrogens (tertiary/aromatic N) is 1. The Balaban J connectivity index is 1.66. The number of amides is 2. The molecule has 6 nitrogen and oxygen atoms in total. The van der Waals surface area contributed by atoms with Crippen LogP contribution in [0, 0.1) is 3.57 Å². The highest BCUT2D eigenvalue weighted by Gasteiger charge is 2.10. The molecule has 0 saturated carbocycles. The van der Waals surface area contributed by atoms with Gasteiger partial charge >= 0.3 is 6.03 Å². The van der Waals surface area contributed by atoms with E-state index in [4.69, 9.17) is 9.47 Å². The van der Waals surface area contributed by atoms with E-state index in [1.807, 2.05) is 29.6 Å². The standard InChI is InChI=1S/C18H16IN3O3S/c1-24-15-8-7-13(9-16(15)25-2)20-17(23)22-18-21-14(10-26-18)11-3-5-12(19)6-4-11/h3-10H,1-2H3,(H2,20,21,22,23). The van der Waals surface area contributed by atoms with Crippen molar-refractivity contribution in [3.05, 3.63) is 51.4 Å². The Labute approximate surface area is 168 Å². The van der Waals surface area contributed by atoms with Crippen LogP contribution in [-0.4, -0.2) is 25.2 Å². The third-order valence-electron chi connectivity index (χ3n) is 3.51. The number of anilines is 2. The fourth-order valence-electron chi connectivity index (χ4n) is 2.26. The highest BCUT2D eigenvalue weighted by atomic mass is 127. The van der Waals surface area contributed by atoms with Crippen LogP contribution in [0.5, 0.6) is 11.5 Å². The van der Waals surface area contributed by atoms with Gasteiger partial charge in [-0.1, -0.05) is 12.1 Å². The zero-order valence-electron chi connectivity index (χ0n) is 14.1. The summed E-state index contributed by atoms with van der Waals surface area (Å²) in [6.07, 6.45) is 0. The second-order valence-electron chi connectivity index (χ2n) is 5.19. The quantitative estimate of drug-likeness (QED) is 0.499. The van der Waals surface area contributed by atoms with Crippen molar-refractivity contribution < 1.29 is 14.3 Å².